The largest absolute Gasteiger partial charge is 0.298 e. The van der Waals surface area contributed by atoms with Crippen LogP contribution in [0.2, 0.25) is 0 Å². The highest BCUT2D eigenvalue weighted by molar-refractivity contribution is 5.88. The Hall–Kier alpha value is -1.15. The summed E-state index contributed by atoms with van der Waals surface area (Å²) in [4.78, 5) is 14.3. The standard InChI is InChI=1S/C14H17NO/c16-14(12-6-7-12)13-8-9-15(13)10-11-4-2-1-3-5-11/h1-5,12-13H,6-10H2. The molecule has 0 aromatic heterocycles. The quantitative estimate of drug-likeness (QED) is 0.767. The Balaban J connectivity index is 1.61. The number of ketones is 1. The van der Waals surface area contributed by atoms with Gasteiger partial charge in [0.15, 0.2) is 5.78 Å². The van der Waals surface area contributed by atoms with Crippen molar-refractivity contribution in [2.45, 2.75) is 31.8 Å². The Morgan fingerprint density at radius 3 is 2.50 bits per heavy atom. The average molecular weight is 215 g/mol. The maximum atomic E-state index is 11.9. The minimum absolute atomic E-state index is 0.229. The van der Waals surface area contributed by atoms with E-state index >= 15 is 0 Å². The van der Waals surface area contributed by atoms with E-state index in [-0.39, 0.29) is 6.04 Å². The van der Waals surface area contributed by atoms with Crippen LogP contribution in [0.25, 0.3) is 0 Å². The van der Waals surface area contributed by atoms with Gasteiger partial charge in [0, 0.05) is 19.0 Å². The molecule has 1 aromatic carbocycles. The molecule has 1 heterocycles. The van der Waals surface area contributed by atoms with Gasteiger partial charge in [-0.15, -0.1) is 0 Å². The molecule has 1 unspecified atom stereocenters. The van der Waals surface area contributed by atoms with E-state index in [0.29, 0.717) is 11.7 Å². The Morgan fingerprint density at radius 2 is 1.94 bits per heavy atom. The lowest BCUT2D eigenvalue weighted by molar-refractivity contribution is -0.130. The Bertz CT molecular complexity index is 383. The van der Waals surface area contributed by atoms with Crippen molar-refractivity contribution < 1.29 is 4.79 Å². The van der Waals surface area contributed by atoms with E-state index < -0.39 is 0 Å². The third-order valence-electron chi connectivity index (χ3n) is 3.67. The normalized spacial score (nSPS) is 25.1. The van der Waals surface area contributed by atoms with Gasteiger partial charge in [-0.05, 0) is 24.8 Å². The van der Waals surface area contributed by atoms with Crippen molar-refractivity contribution in [2.75, 3.05) is 6.54 Å². The number of nitrogens with zero attached hydrogens (tertiary/aromatic N) is 1. The highest BCUT2D eigenvalue weighted by Crippen LogP contribution is 2.35. The van der Waals surface area contributed by atoms with Crippen LogP contribution in [0.4, 0.5) is 0 Å². The molecule has 2 fully saturated rings. The second-order valence-electron chi connectivity index (χ2n) is 4.94. The molecule has 2 heteroatoms. The molecule has 1 atom stereocenters. The van der Waals surface area contributed by atoms with Gasteiger partial charge in [0.1, 0.15) is 0 Å². The second-order valence-corrected chi connectivity index (χ2v) is 4.94. The van der Waals surface area contributed by atoms with Crippen LogP contribution in [-0.2, 0) is 11.3 Å². The summed E-state index contributed by atoms with van der Waals surface area (Å²) in [5.74, 6) is 0.908. The molecule has 0 N–H and O–H groups in total. The SMILES string of the molecule is O=C(C1CC1)C1CCN1Cc1ccccc1. The molecule has 0 spiro atoms. The molecule has 16 heavy (non-hydrogen) atoms. The van der Waals surface area contributed by atoms with E-state index in [2.05, 4.69) is 29.2 Å². The van der Waals surface area contributed by atoms with E-state index in [0.717, 1.165) is 32.4 Å². The fraction of sp³-hybridized carbons (Fsp3) is 0.500. The topological polar surface area (TPSA) is 20.3 Å². The molecular formula is C14H17NO. The maximum absolute atomic E-state index is 11.9. The summed E-state index contributed by atoms with van der Waals surface area (Å²) in [5.41, 5.74) is 1.32. The minimum Gasteiger partial charge on any atom is -0.298 e. The van der Waals surface area contributed by atoms with Gasteiger partial charge < -0.3 is 0 Å². The van der Waals surface area contributed by atoms with Crippen LogP contribution in [0.5, 0.6) is 0 Å². The number of hydrogen-bond acceptors (Lipinski definition) is 2. The van der Waals surface area contributed by atoms with Crippen molar-refractivity contribution in [3.05, 3.63) is 35.9 Å². The van der Waals surface area contributed by atoms with Crippen LogP contribution in [0, 0.1) is 5.92 Å². The van der Waals surface area contributed by atoms with Crippen molar-refractivity contribution in [2.24, 2.45) is 5.92 Å². The number of benzene rings is 1. The average Bonchev–Trinajstić information content (AvgIpc) is 3.09. The zero-order valence-electron chi connectivity index (χ0n) is 9.43. The number of likely N-dealkylation sites (tertiary alicyclic amines) is 1. The first-order chi connectivity index (χ1) is 7.84. The number of carbonyl (C=O) groups excluding carboxylic acids is 1. The smallest absolute Gasteiger partial charge is 0.153 e. The predicted molar refractivity (Wildman–Crippen MR) is 63.0 cm³/mol. The van der Waals surface area contributed by atoms with Gasteiger partial charge in [0.05, 0.1) is 6.04 Å². The van der Waals surface area contributed by atoms with E-state index in [9.17, 15) is 4.79 Å². The highest BCUT2D eigenvalue weighted by atomic mass is 16.1. The minimum atomic E-state index is 0.229. The molecule has 0 bridgehead atoms. The Labute approximate surface area is 96.3 Å². The maximum Gasteiger partial charge on any atom is 0.153 e. The number of rotatable bonds is 4. The predicted octanol–water partition coefficient (Wildman–Crippen LogP) is 2.24. The van der Waals surface area contributed by atoms with E-state index in [4.69, 9.17) is 0 Å². The molecule has 3 rings (SSSR count). The zero-order valence-corrected chi connectivity index (χ0v) is 9.43. The summed E-state index contributed by atoms with van der Waals surface area (Å²) in [6, 6.07) is 10.7. The molecule has 84 valence electrons. The van der Waals surface area contributed by atoms with Crippen molar-refractivity contribution in [1.29, 1.82) is 0 Å². The Morgan fingerprint density at radius 1 is 1.19 bits per heavy atom. The third-order valence-corrected chi connectivity index (χ3v) is 3.67. The first-order valence-corrected chi connectivity index (χ1v) is 6.16. The zero-order chi connectivity index (χ0) is 11.0. The van der Waals surface area contributed by atoms with E-state index in [1.54, 1.807) is 0 Å². The fourth-order valence-electron chi connectivity index (χ4n) is 2.41. The number of hydrogen-bond donors (Lipinski definition) is 0. The molecule has 0 radical (unpaired) electrons. The van der Waals surface area contributed by atoms with Gasteiger partial charge >= 0.3 is 0 Å². The van der Waals surface area contributed by atoms with Gasteiger partial charge in [-0.25, -0.2) is 0 Å². The van der Waals surface area contributed by atoms with Crippen LogP contribution < -0.4 is 0 Å². The van der Waals surface area contributed by atoms with Gasteiger partial charge in [-0.3, -0.25) is 9.69 Å². The number of Topliss-reactive ketones (excluding diaryl/α,β-unsaturated/α-hetero) is 1. The lowest BCUT2D eigenvalue weighted by Crippen LogP contribution is -2.52. The summed E-state index contributed by atoms with van der Waals surface area (Å²) >= 11 is 0. The third kappa shape index (κ3) is 1.90. The van der Waals surface area contributed by atoms with Crippen LogP contribution in [0.3, 0.4) is 0 Å². The van der Waals surface area contributed by atoms with Crippen molar-refractivity contribution in [3.8, 4) is 0 Å². The first kappa shape index (κ1) is 10.0. The fourth-order valence-corrected chi connectivity index (χ4v) is 2.41. The molecule has 1 saturated heterocycles. The molecule has 2 nitrogen and oxygen atoms in total. The van der Waals surface area contributed by atoms with Crippen LogP contribution in [0.15, 0.2) is 30.3 Å². The van der Waals surface area contributed by atoms with Crippen LogP contribution >= 0.6 is 0 Å². The number of carbonyl (C=O) groups is 1. The van der Waals surface area contributed by atoms with Crippen LogP contribution in [-0.4, -0.2) is 23.3 Å². The summed E-state index contributed by atoms with van der Waals surface area (Å²) < 4.78 is 0. The summed E-state index contributed by atoms with van der Waals surface area (Å²) in [7, 11) is 0. The summed E-state index contributed by atoms with van der Waals surface area (Å²) in [5, 5.41) is 0. The summed E-state index contributed by atoms with van der Waals surface area (Å²) in [6.45, 7) is 2.02. The molecule has 1 saturated carbocycles. The molecule has 0 amide bonds. The second kappa shape index (κ2) is 4.02. The van der Waals surface area contributed by atoms with Crippen molar-refractivity contribution in [1.82, 2.24) is 4.90 Å². The van der Waals surface area contributed by atoms with Crippen molar-refractivity contribution in [3.63, 3.8) is 0 Å². The van der Waals surface area contributed by atoms with Gasteiger partial charge in [-0.1, -0.05) is 30.3 Å². The lowest BCUT2D eigenvalue weighted by atomic mass is 9.95. The van der Waals surface area contributed by atoms with E-state index in [1.165, 1.54) is 5.56 Å². The molecule has 1 aromatic rings. The van der Waals surface area contributed by atoms with Crippen LogP contribution in [0.1, 0.15) is 24.8 Å². The van der Waals surface area contributed by atoms with E-state index in [1.807, 2.05) is 6.07 Å². The van der Waals surface area contributed by atoms with Crippen molar-refractivity contribution >= 4 is 5.78 Å². The van der Waals surface area contributed by atoms with Gasteiger partial charge in [-0.2, -0.15) is 0 Å². The van der Waals surface area contributed by atoms with Gasteiger partial charge in [0.25, 0.3) is 0 Å². The molecule has 1 aliphatic carbocycles. The monoisotopic (exact) mass is 215 g/mol. The van der Waals surface area contributed by atoms with Gasteiger partial charge in [0.2, 0.25) is 0 Å². The molecular weight excluding hydrogens is 198 g/mol. The molecule has 1 aliphatic heterocycles. The highest BCUT2D eigenvalue weighted by Gasteiger charge is 2.41. The lowest BCUT2D eigenvalue weighted by Gasteiger charge is -2.40. The Kier molecular flexibility index (Phi) is 2.52. The molecule has 2 aliphatic rings. The first-order valence-electron chi connectivity index (χ1n) is 6.16. The summed E-state index contributed by atoms with van der Waals surface area (Å²) in [6.07, 6.45) is 3.34.